The van der Waals surface area contributed by atoms with E-state index in [1.807, 2.05) is 18.3 Å². The second kappa shape index (κ2) is 6.24. The first-order valence-corrected chi connectivity index (χ1v) is 7.72. The second-order valence-electron chi connectivity index (χ2n) is 5.09. The van der Waals surface area contributed by atoms with E-state index in [9.17, 15) is 5.11 Å². The van der Waals surface area contributed by atoms with Crippen LogP contribution in [0.15, 0.2) is 40.5 Å². The molecule has 3 aromatic rings. The zero-order chi connectivity index (χ0) is 14.7. The van der Waals surface area contributed by atoms with Crippen LogP contribution in [0.5, 0.6) is 0 Å². The number of aromatic nitrogens is 3. The number of furan rings is 1. The minimum absolute atomic E-state index is 0.0649. The first-order valence-electron chi connectivity index (χ1n) is 6.84. The Morgan fingerprint density at radius 2 is 2.33 bits per heavy atom. The van der Waals surface area contributed by atoms with Gasteiger partial charge >= 0.3 is 0 Å². The van der Waals surface area contributed by atoms with Gasteiger partial charge in [-0.1, -0.05) is 5.21 Å². The minimum atomic E-state index is 0.0649. The Labute approximate surface area is 126 Å². The molecule has 1 N–H and O–H groups in total. The molecule has 0 aliphatic carbocycles. The fourth-order valence-corrected chi connectivity index (χ4v) is 3.17. The average Bonchev–Trinajstić information content (AvgIpc) is 3.19. The summed E-state index contributed by atoms with van der Waals surface area (Å²) >= 11 is 1.66. The lowest BCUT2D eigenvalue weighted by Gasteiger charge is -2.11. The first kappa shape index (κ1) is 14.0. The number of hydrogen-bond donors (Lipinski definition) is 1. The maximum atomic E-state index is 9.52. The zero-order valence-corrected chi connectivity index (χ0v) is 12.6. The van der Waals surface area contributed by atoms with Crippen molar-refractivity contribution in [1.82, 2.24) is 15.0 Å². The van der Waals surface area contributed by atoms with Gasteiger partial charge < -0.3 is 9.52 Å². The van der Waals surface area contributed by atoms with Gasteiger partial charge in [0.25, 0.3) is 0 Å². The Hall–Kier alpha value is -1.92. The standard InChI is InChI=1S/C15H17N3O2S/c1-11-4-6-21-15(11)14-9-18(17-16-14)8-12(10-19)7-13-3-2-5-20-13/h2-6,9,12,19H,7-8,10H2,1H3/t12-/m1/s1. The second-order valence-corrected chi connectivity index (χ2v) is 6.01. The summed E-state index contributed by atoms with van der Waals surface area (Å²) < 4.78 is 7.12. The van der Waals surface area contributed by atoms with Crippen molar-refractivity contribution in [2.24, 2.45) is 5.92 Å². The maximum Gasteiger partial charge on any atom is 0.123 e. The number of aryl methyl sites for hydroxylation is 1. The van der Waals surface area contributed by atoms with E-state index in [0.29, 0.717) is 13.0 Å². The summed E-state index contributed by atoms with van der Waals surface area (Å²) in [6.45, 7) is 2.78. The van der Waals surface area contributed by atoms with Crippen LogP contribution in [-0.2, 0) is 13.0 Å². The SMILES string of the molecule is Cc1ccsc1-c1cn(C[C@H](CO)Cc2ccco2)nn1. The average molecular weight is 303 g/mol. The van der Waals surface area contributed by atoms with Gasteiger partial charge in [-0.05, 0) is 36.1 Å². The molecule has 0 aliphatic heterocycles. The lowest BCUT2D eigenvalue weighted by molar-refractivity contribution is 0.199. The van der Waals surface area contributed by atoms with Crippen LogP contribution in [0, 0.1) is 12.8 Å². The van der Waals surface area contributed by atoms with E-state index in [2.05, 4.69) is 28.7 Å². The van der Waals surface area contributed by atoms with Gasteiger partial charge in [-0.15, -0.1) is 16.4 Å². The van der Waals surface area contributed by atoms with Gasteiger partial charge in [0.1, 0.15) is 11.5 Å². The van der Waals surface area contributed by atoms with Crippen molar-refractivity contribution in [3.8, 4) is 10.6 Å². The molecule has 110 valence electrons. The highest BCUT2D eigenvalue weighted by Crippen LogP contribution is 2.26. The van der Waals surface area contributed by atoms with Crippen molar-refractivity contribution in [3.63, 3.8) is 0 Å². The quantitative estimate of drug-likeness (QED) is 0.760. The van der Waals surface area contributed by atoms with Gasteiger partial charge in [-0.3, -0.25) is 4.68 Å². The summed E-state index contributed by atoms with van der Waals surface area (Å²) in [6, 6.07) is 5.85. The third kappa shape index (κ3) is 3.22. The molecule has 0 bridgehead atoms. The van der Waals surface area contributed by atoms with Crippen LogP contribution in [0.25, 0.3) is 10.6 Å². The molecule has 5 nitrogen and oxygen atoms in total. The summed E-state index contributed by atoms with van der Waals surface area (Å²) in [4.78, 5) is 1.15. The summed E-state index contributed by atoms with van der Waals surface area (Å²) in [5, 5.41) is 20.0. The third-order valence-electron chi connectivity index (χ3n) is 3.41. The molecule has 3 heterocycles. The molecule has 0 saturated heterocycles. The third-order valence-corrected chi connectivity index (χ3v) is 4.45. The normalized spacial score (nSPS) is 12.7. The molecule has 0 unspecified atom stereocenters. The van der Waals surface area contributed by atoms with Crippen LogP contribution in [0.3, 0.4) is 0 Å². The molecule has 3 rings (SSSR count). The Bertz CT molecular complexity index is 687. The summed E-state index contributed by atoms with van der Waals surface area (Å²) in [7, 11) is 0. The highest BCUT2D eigenvalue weighted by Gasteiger charge is 2.14. The zero-order valence-electron chi connectivity index (χ0n) is 11.8. The van der Waals surface area contributed by atoms with E-state index in [1.54, 1.807) is 22.3 Å². The number of rotatable bonds is 6. The van der Waals surface area contributed by atoms with Crippen molar-refractivity contribution < 1.29 is 9.52 Å². The lowest BCUT2D eigenvalue weighted by Crippen LogP contribution is -2.17. The molecule has 0 aromatic carbocycles. The van der Waals surface area contributed by atoms with Gasteiger partial charge in [0.2, 0.25) is 0 Å². The van der Waals surface area contributed by atoms with E-state index >= 15 is 0 Å². The number of hydrogen-bond acceptors (Lipinski definition) is 5. The van der Waals surface area contributed by atoms with Gasteiger partial charge in [0.05, 0.1) is 17.3 Å². The predicted octanol–water partition coefficient (Wildman–Crippen LogP) is 2.76. The summed E-state index contributed by atoms with van der Waals surface area (Å²) in [5.74, 6) is 0.943. The van der Waals surface area contributed by atoms with Crippen molar-refractivity contribution in [2.75, 3.05) is 6.61 Å². The largest absolute Gasteiger partial charge is 0.469 e. The highest BCUT2D eigenvalue weighted by atomic mass is 32.1. The van der Waals surface area contributed by atoms with Crippen LogP contribution in [0.4, 0.5) is 0 Å². The van der Waals surface area contributed by atoms with Crippen LogP contribution < -0.4 is 0 Å². The molecule has 0 radical (unpaired) electrons. The molecule has 0 aliphatic rings. The fourth-order valence-electron chi connectivity index (χ4n) is 2.29. The van der Waals surface area contributed by atoms with Gasteiger partial charge in [0, 0.05) is 25.5 Å². The number of aliphatic hydroxyl groups is 1. The maximum absolute atomic E-state index is 9.52. The highest BCUT2D eigenvalue weighted by molar-refractivity contribution is 7.13. The topological polar surface area (TPSA) is 64.1 Å². The van der Waals surface area contributed by atoms with Crippen molar-refractivity contribution in [2.45, 2.75) is 19.9 Å². The van der Waals surface area contributed by atoms with E-state index in [0.717, 1.165) is 16.3 Å². The number of nitrogens with zero attached hydrogens (tertiary/aromatic N) is 3. The van der Waals surface area contributed by atoms with Crippen molar-refractivity contribution in [1.29, 1.82) is 0 Å². The molecular formula is C15H17N3O2S. The van der Waals surface area contributed by atoms with E-state index in [-0.39, 0.29) is 12.5 Å². The van der Waals surface area contributed by atoms with E-state index in [1.165, 1.54) is 5.56 Å². The summed E-state index contributed by atoms with van der Waals surface area (Å²) in [5.41, 5.74) is 2.10. The monoisotopic (exact) mass is 303 g/mol. The molecule has 0 saturated carbocycles. The van der Waals surface area contributed by atoms with E-state index in [4.69, 9.17) is 4.42 Å². The Kier molecular flexibility index (Phi) is 4.17. The van der Waals surface area contributed by atoms with Gasteiger partial charge in [-0.2, -0.15) is 0 Å². The molecule has 3 aromatic heterocycles. The van der Waals surface area contributed by atoms with Crippen LogP contribution in [-0.4, -0.2) is 26.7 Å². The van der Waals surface area contributed by atoms with Gasteiger partial charge in [-0.25, -0.2) is 0 Å². The van der Waals surface area contributed by atoms with Crippen LogP contribution in [0.2, 0.25) is 0 Å². The molecular weight excluding hydrogens is 286 g/mol. The molecule has 0 spiro atoms. The Morgan fingerprint density at radius 1 is 1.43 bits per heavy atom. The molecule has 1 atom stereocenters. The fraction of sp³-hybridized carbons (Fsp3) is 0.333. The lowest BCUT2D eigenvalue weighted by atomic mass is 10.1. The molecule has 21 heavy (non-hydrogen) atoms. The smallest absolute Gasteiger partial charge is 0.123 e. The number of thiophene rings is 1. The van der Waals surface area contributed by atoms with Gasteiger partial charge in [0.15, 0.2) is 0 Å². The molecule has 0 amide bonds. The van der Waals surface area contributed by atoms with Crippen molar-refractivity contribution >= 4 is 11.3 Å². The Balaban J connectivity index is 1.70. The van der Waals surface area contributed by atoms with Crippen molar-refractivity contribution in [3.05, 3.63) is 47.4 Å². The Morgan fingerprint density at radius 3 is 3.00 bits per heavy atom. The van der Waals surface area contributed by atoms with Crippen LogP contribution in [0.1, 0.15) is 11.3 Å². The predicted molar refractivity (Wildman–Crippen MR) is 81.1 cm³/mol. The number of aliphatic hydroxyl groups excluding tert-OH is 1. The van der Waals surface area contributed by atoms with Crippen LogP contribution >= 0.6 is 11.3 Å². The van der Waals surface area contributed by atoms with E-state index < -0.39 is 0 Å². The summed E-state index contributed by atoms with van der Waals surface area (Å²) in [6.07, 6.45) is 4.28. The molecule has 0 fully saturated rings. The minimum Gasteiger partial charge on any atom is -0.469 e. The molecule has 6 heteroatoms. The first-order chi connectivity index (χ1) is 10.3.